The van der Waals surface area contributed by atoms with E-state index in [2.05, 4.69) is 20.9 Å². The van der Waals surface area contributed by atoms with Crippen molar-refractivity contribution in [1.29, 1.82) is 0 Å². The summed E-state index contributed by atoms with van der Waals surface area (Å²) in [6, 6.07) is 4.71. The Balaban J connectivity index is 2.35. The van der Waals surface area contributed by atoms with Crippen LogP contribution in [0.3, 0.4) is 0 Å². The lowest BCUT2D eigenvalue weighted by Crippen LogP contribution is -1.99. The van der Waals surface area contributed by atoms with E-state index in [0.717, 1.165) is 0 Å². The second kappa shape index (κ2) is 5.03. The van der Waals surface area contributed by atoms with Crippen molar-refractivity contribution in [1.82, 2.24) is 4.98 Å². The van der Waals surface area contributed by atoms with Gasteiger partial charge in [-0.15, -0.1) is 0 Å². The number of hydrogen-bond donors (Lipinski definition) is 1. The van der Waals surface area contributed by atoms with Gasteiger partial charge in [0.1, 0.15) is 16.5 Å². The molecule has 4 nitrogen and oxygen atoms in total. The van der Waals surface area contributed by atoms with Gasteiger partial charge < -0.3 is 9.84 Å². The second-order valence-corrected chi connectivity index (χ2v) is 5.11. The second-order valence-electron chi connectivity index (χ2n) is 2.98. The molecule has 0 atom stereocenters. The molecule has 0 bridgehead atoms. The fraction of sp³-hybridized carbons (Fsp3) is 0. The molecule has 0 unspecified atom stereocenters. The number of hydrogen-bond acceptors (Lipinski definition) is 4. The Labute approximate surface area is 114 Å². The molecule has 0 spiro atoms. The third-order valence-electron chi connectivity index (χ3n) is 1.82. The first-order valence-electron chi connectivity index (χ1n) is 4.38. The lowest BCUT2D eigenvalue weighted by molar-refractivity contribution is 0.0694. The third kappa shape index (κ3) is 2.96. The molecule has 0 amide bonds. The highest BCUT2D eigenvalue weighted by Crippen LogP contribution is 2.30. The lowest BCUT2D eigenvalue weighted by Gasteiger charge is -2.05. The summed E-state index contributed by atoms with van der Waals surface area (Å²) in [4.78, 5) is 14.9. The molecular formula is C10H5BrClNO3S. The third-order valence-corrected chi connectivity index (χ3v) is 3.36. The van der Waals surface area contributed by atoms with Crippen LogP contribution in [0.4, 0.5) is 0 Å². The Kier molecular flexibility index (Phi) is 3.66. The van der Waals surface area contributed by atoms with Crippen molar-refractivity contribution in [3.05, 3.63) is 38.8 Å². The number of ether oxygens (including phenoxy) is 1. The SMILES string of the molecule is O=C(O)c1cc(Br)ccc1Oc1nc(Cl)cs1. The van der Waals surface area contributed by atoms with Crippen LogP contribution in [0, 0.1) is 0 Å². The highest BCUT2D eigenvalue weighted by Gasteiger charge is 2.14. The number of aromatic carboxylic acids is 1. The number of halogens is 2. The topological polar surface area (TPSA) is 59.4 Å². The van der Waals surface area contributed by atoms with Gasteiger partial charge in [-0.3, -0.25) is 0 Å². The zero-order valence-corrected chi connectivity index (χ0v) is 11.3. The number of rotatable bonds is 3. The van der Waals surface area contributed by atoms with E-state index in [9.17, 15) is 4.79 Å². The molecule has 1 aromatic heterocycles. The number of nitrogens with zero attached hydrogens (tertiary/aromatic N) is 1. The van der Waals surface area contributed by atoms with Crippen LogP contribution in [-0.4, -0.2) is 16.1 Å². The van der Waals surface area contributed by atoms with Crippen molar-refractivity contribution in [3.8, 4) is 10.9 Å². The minimum Gasteiger partial charge on any atom is -0.478 e. The van der Waals surface area contributed by atoms with E-state index in [1.54, 1.807) is 17.5 Å². The minimum absolute atomic E-state index is 0.0608. The van der Waals surface area contributed by atoms with E-state index in [-0.39, 0.29) is 11.3 Å². The van der Waals surface area contributed by atoms with Gasteiger partial charge in [0.25, 0.3) is 5.19 Å². The van der Waals surface area contributed by atoms with Crippen molar-refractivity contribution >= 4 is 44.8 Å². The molecule has 2 rings (SSSR count). The smallest absolute Gasteiger partial charge is 0.339 e. The number of carboxylic acids is 1. The first kappa shape index (κ1) is 12.3. The first-order chi connectivity index (χ1) is 8.06. The molecule has 0 aliphatic heterocycles. The van der Waals surface area contributed by atoms with Crippen molar-refractivity contribution in [2.45, 2.75) is 0 Å². The largest absolute Gasteiger partial charge is 0.478 e. The maximum atomic E-state index is 11.0. The molecule has 1 aromatic carbocycles. The average molecular weight is 335 g/mol. The molecule has 2 aromatic rings. The summed E-state index contributed by atoms with van der Waals surface area (Å²) >= 11 is 10.0. The van der Waals surface area contributed by atoms with Crippen LogP contribution in [0.5, 0.6) is 10.9 Å². The molecule has 0 saturated heterocycles. The summed E-state index contributed by atoms with van der Waals surface area (Å²) < 4.78 is 6.03. The number of thiazole rings is 1. The Bertz CT molecular complexity index is 572. The quantitative estimate of drug-likeness (QED) is 0.920. The number of carbonyl (C=O) groups is 1. The monoisotopic (exact) mass is 333 g/mol. The van der Waals surface area contributed by atoms with E-state index in [1.807, 2.05) is 0 Å². The van der Waals surface area contributed by atoms with Gasteiger partial charge in [-0.1, -0.05) is 38.9 Å². The van der Waals surface area contributed by atoms with Gasteiger partial charge in [-0.25, -0.2) is 4.79 Å². The van der Waals surface area contributed by atoms with Crippen LogP contribution >= 0.6 is 38.9 Å². The average Bonchev–Trinajstić information content (AvgIpc) is 2.66. The molecule has 1 N–H and O–H groups in total. The molecule has 0 saturated carbocycles. The molecule has 0 radical (unpaired) electrons. The summed E-state index contributed by atoms with van der Waals surface area (Å²) in [6.45, 7) is 0. The summed E-state index contributed by atoms with van der Waals surface area (Å²) in [5.41, 5.74) is 0.0608. The van der Waals surface area contributed by atoms with Crippen molar-refractivity contribution in [2.75, 3.05) is 0 Å². The van der Waals surface area contributed by atoms with Crippen LogP contribution < -0.4 is 4.74 Å². The Hall–Kier alpha value is -1.11. The number of aromatic nitrogens is 1. The fourth-order valence-electron chi connectivity index (χ4n) is 1.14. The molecule has 7 heteroatoms. The zero-order chi connectivity index (χ0) is 12.4. The van der Waals surface area contributed by atoms with Gasteiger partial charge in [0.15, 0.2) is 0 Å². The van der Waals surface area contributed by atoms with Gasteiger partial charge in [-0.05, 0) is 18.2 Å². The predicted octanol–water partition coefficient (Wildman–Crippen LogP) is 4.05. The maximum Gasteiger partial charge on any atom is 0.339 e. The van der Waals surface area contributed by atoms with Gasteiger partial charge >= 0.3 is 5.97 Å². The van der Waals surface area contributed by atoms with Crippen LogP contribution in [0.25, 0.3) is 0 Å². The molecule has 0 aliphatic rings. The summed E-state index contributed by atoms with van der Waals surface area (Å²) in [6.07, 6.45) is 0. The van der Waals surface area contributed by atoms with Gasteiger partial charge in [-0.2, -0.15) is 4.98 Å². The maximum absolute atomic E-state index is 11.0. The standard InChI is InChI=1S/C10H5BrClNO3S/c11-5-1-2-7(6(3-5)9(14)15)16-10-13-8(12)4-17-10/h1-4H,(H,14,15). The molecular weight excluding hydrogens is 330 g/mol. The lowest BCUT2D eigenvalue weighted by atomic mass is 10.2. The normalized spacial score (nSPS) is 10.2. The Morgan fingerprint density at radius 1 is 1.53 bits per heavy atom. The summed E-state index contributed by atoms with van der Waals surface area (Å²) in [7, 11) is 0. The Morgan fingerprint density at radius 2 is 2.29 bits per heavy atom. The Morgan fingerprint density at radius 3 is 2.88 bits per heavy atom. The van der Waals surface area contributed by atoms with Gasteiger partial charge in [0.2, 0.25) is 0 Å². The minimum atomic E-state index is -1.07. The van der Waals surface area contributed by atoms with Crippen LogP contribution in [0.15, 0.2) is 28.1 Å². The van der Waals surface area contributed by atoms with Crippen LogP contribution in [0.1, 0.15) is 10.4 Å². The summed E-state index contributed by atoms with van der Waals surface area (Å²) in [5, 5.41) is 11.3. The van der Waals surface area contributed by atoms with Crippen molar-refractivity contribution in [2.24, 2.45) is 0 Å². The van der Waals surface area contributed by atoms with Gasteiger partial charge in [0.05, 0.1) is 0 Å². The van der Waals surface area contributed by atoms with E-state index in [4.69, 9.17) is 21.4 Å². The van der Waals surface area contributed by atoms with Crippen molar-refractivity contribution in [3.63, 3.8) is 0 Å². The molecule has 88 valence electrons. The van der Waals surface area contributed by atoms with Crippen molar-refractivity contribution < 1.29 is 14.6 Å². The number of benzene rings is 1. The predicted molar refractivity (Wildman–Crippen MR) is 68.3 cm³/mol. The molecule has 0 aliphatic carbocycles. The number of carboxylic acid groups (broad SMARTS) is 1. The molecule has 17 heavy (non-hydrogen) atoms. The summed E-state index contributed by atoms with van der Waals surface area (Å²) in [5.74, 6) is -0.837. The molecule has 1 heterocycles. The van der Waals surface area contributed by atoms with E-state index >= 15 is 0 Å². The fourth-order valence-corrected chi connectivity index (χ4v) is 2.30. The van der Waals surface area contributed by atoms with E-state index in [0.29, 0.717) is 14.8 Å². The molecule has 0 fully saturated rings. The highest BCUT2D eigenvalue weighted by molar-refractivity contribution is 9.10. The van der Waals surface area contributed by atoms with Gasteiger partial charge in [0, 0.05) is 9.85 Å². The van der Waals surface area contributed by atoms with Crippen LogP contribution in [0.2, 0.25) is 5.15 Å². The van der Waals surface area contributed by atoms with E-state index in [1.165, 1.54) is 17.4 Å². The first-order valence-corrected chi connectivity index (χ1v) is 6.43. The zero-order valence-electron chi connectivity index (χ0n) is 8.18. The highest BCUT2D eigenvalue weighted by atomic mass is 79.9. The van der Waals surface area contributed by atoms with Crippen LogP contribution in [-0.2, 0) is 0 Å². The van der Waals surface area contributed by atoms with E-state index < -0.39 is 5.97 Å².